The predicted octanol–water partition coefficient (Wildman–Crippen LogP) is 2.14. The van der Waals surface area contributed by atoms with Gasteiger partial charge in [-0.15, -0.1) is 12.3 Å². The molecule has 0 aliphatic heterocycles. The maximum absolute atomic E-state index is 11.7. The lowest BCUT2D eigenvalue weighted by atomic mass is 10.3. The van der Waals surface area contributed by atoms with Gasteiger partial charge in [-0.3, -0.25) is 0 Å². The molecule has 3 nitrogen and oxygen atoms in total. The van der Waals surface area contributed by atoms with E-state index in [1.807, 2.05) is 0 Å². The van der Waals surface area contributed by atoms with Crippen LogP contribution in [0, 0.1) is 12.3 Å². The molecule has 0 fully saturated rings. The number of halogens is 1. The molecule has 5 heteroatoms. The Hall–Kier alpha value is -0.830. The van der Waals surface area contributed by atoms with Crippen molar-refractivity contribution in [1.82, 2.24) is 4.72 Å². The van der Waals surface area contributed by atoms with Gasteiger partial charge < -0.3 is 0 Å². The number of unbranched alkanes of at least 4 members (excludes halogenated alkanes) is 1. The van der Waals surface area contributed by atoms with E-state index < -0.39 is 10.0 Å². The molecule has 0 saturated heterocycles. The Labute approximate surface area is 104 Å². The number of rotatable bonds is 5. The molecule has 16 heavy (non-hydrogen) atoms. The van der Waals surface area contributed by atoms with E-state index in [2.05, 4.69) is 26.6 Å². The van der Waals surface area contributed by atoms with Crippen LogP contribution in [-0.4, -0.2) is 15.0 Å². The van der Waals surface area contributed by atoms with Crippen LogP contribution in [0.3, 0.4) is 0 Å². The molecule has 1 N–H and O–H groups in total. The Morgan fingerprint density at radius 1 is 1.31 bits per heavy atom. The molecule has 1 aromatic carbocycles. The monoisotopic (exact) mass is 301 g/mol. The number of hydrogen-bond donors (Lipinski definition) is 1. The van der Waals surface area contributed by atoms with E-state index in [9.17, 15) is 8.42 Å². The van der Waals surface area contributed by atoms with Crippen LogP contribution in [0.5, 0.6) is 0 Å². The summed E-state index contributed by atoms with van der Waals surface area (Å²) in [6.45, 7) is 0.364. The summed E-state index contributed by atoms with van der Waals surface area (Å²) < 4.78 is 26.8. The average Bonchev–Trinajstić information content (AvgIpc) is 2.25. The Balaban J connectivity index is 2.64. The maximum atomic E-state index is 11.7. The Kier molecular flexibility index (Phi) is 5.00. The van der Waals surface area contributed by atoms with Crippen molar-refractivity contribution >= 4 is 26.0 Å². The van der Waals surface area contributed by atoms with E-state index in [-0.39, 0.29) is 4.90 Å². The third kappa shape index (κ3) is 3.97. The summed E-state index contributed by atoms with van der Waals surface area (Å²) in [5.41, 5.74) is 0. The van der Waals surface area contributed by atoms with Gasteiger partial charge in [0, 0.05) is 17.4 Å². The molecular weight excluding hydrogens is 290 g/mol. The van der Waals surface area contributed by atoms with E-state index in [0.717, 1.165) is 4.47 Å². The molecule has 86 valence electrons. The topological polar surface area (TPSA) is 46.2 Å². The maximum Gasteiger partial charge on any atom is 0.240 e. The molecule has 0 atom stereocenters. The zero-order valence-electron chi connectivity index (χ0n) is 8.61. The third-order valence-corrected chi connectivity index (χ3v) is 3.92. The zero-order valence-corrected chi connectivity index (χ0v) is 11.0. The van der Waals surface area contributed by atoms with Crippen LogP contribution < -0.4 is 4.72 Å². The van der Waals surface area contributed by atoms with Crippen LogP contribution in [0.4, 0.5) is 0 Å². The summed E-state index contributed by atoms with van der Waals surface area (Å²) in [6, 6.07) is 6.48. The van der Waals surface area contributed by atoms with Crippen molar-refractivity contribution in [1.29, 1.82) is 0 Å². The highest BCUT2D eigenvalue weighted by atomic mass is 79.9. The number of nitrogens with one attached hydrogen (secondary N) is 1. The van der Waals surface area contributed by atoms with Crippen molar-refractivity contribution in [2.24, 2.45) is 0 Å². The van der Waals surface area contributed by atoms with Gasteiger partial charge in [0.15, 0.2) is 0 Å². The minimum Gasteiger partial charge on any atom is -0.211 e. The standard InChI is InChI=1S/C11H12BrNO2S/c1-2-3-4-9-13-16(14,15)11-7-5-10(12)6-8-11/h1,5-8,13H,3-4,9H2. The summed E-state index contributed by atoms with van der Waals surface area (Å²) in [6.07, 6.45) is 6.29. The largest absolute Gasteiger partial charge is 0.240 e. The van der Waals surface area contributed by atoms with Gasteiger partial charge in [0.1, 0.15) is 0 Å². The second kappa shape index (κ2) is 6.04. The molecule has 0 aliphatic carbocycles. The number of hydrogen-bond acceptors (Lipinski definition) is 2. The van der Waals surface area contributed by atoms with Crippen LogP contribution in [0.25, 0.3) is 0 Å². The minimum absolute atomic E-state index is 0.261. The van der Waals surface area contributed by atoms with Gasteiger partial charge in [-0.05, 0) is 30.7 Å². The quantitative estimate of drug-likeness (QED) is 0.669. The highest BCUT2D eigenvalue weighted by molar-refractivity contribution is 9.10. The number of terminal acetylenes is 1. The van der Waals surface area contributed by atoms with Crippen molar-refractivity contribution in [3.05, 3.63) is 28.7 Å². The molecule has 1 rings (SSSR count). The lowest BCUT2D eigenvalue weighted by Crippen LogP contribution is -2.24. The van der Waals surface area contributed by atoms with Crippen molar-refractivity contribution < 1.29 is 8.42 Å². The van der Waals surface area contributed by atoms with Crippen LogP contribution in [0.1, 0.15) is 12.8 Å². The molecule has 0 saturated carbocycles. The van der Waals surface area contributed by atoms with E-state index in [0.29, 0.717) is 19.4 Å². The van der Waals surface area contributed by atoms with E-state index >= 15 is 0 Å². The van der Waals surface area contributed by atoms with Gasteiger partial charge in [-0.2, -0.15) is 0 Å². The second-order valence-corrected chi connectivity index (χ2v) is 5.84. The molecule has 0 aromatic heterocycles. The van der Waals surface area contributed by atoms with Gasteiger partial charge in [0.2, 0.25) is 10.0 Å². The van der Waals surface area contributed by atoms with Gasteiger partial charge in [0.05, 0.1) is 4.90 Å². The number of sulfonamides is 1. The smallest absolute Gasteiger partial charge is 0.211 e. The summed E-state index contributed by atoms with van der Waals surface area (Å²) >= 11 is 3.25. The van der Waals surface area contributed by atoms with Crippen molar-refractivity contribution in [2.75, 3.05) is 6.54 Å². The SMILES string of the molecule is C#CCCCNS(=O)(=O)c1ccc(Br)cc1. The molecule has 0 amide bonds. The van der Waals surface area contributed by atoms with Crippen LogP contribution in [0.2, 0.25) is 0 Å². The van der Waals surface area contributed by atoms with Crippen LogP contribution >= 0.6 is 15.9 Å². The lowest BCUT2D eigenvalue weighted by Gasteiger charge is -2.05. The minimum atomic E-state index is -3.40. The summed E-state index contributed by atoms with van der Waals surface area (Å²) in [7, 11) is -3.40. The van der Waals surface area contributed by atoms with E-state index in [1.54, 1.807) is 24.3 Å². The first-order valence-corrected chi connectivity index (χ1v) is 7.02. The Morgan fingerprint density at radius 2 is 1.94 bits per heavy atom. The first-order chi connectivity index (χ1) is 7.56. The first-order valence-electron chi connectivity index (χ1n) is 4.75. The van der Waals surface area contributed by atoms with Gasteiger partial charge in [-0.1, -0.05) is 15.9 Å². The Bertz CT molecular complexity index is 474. The fourth-order valence-electron chi connectivity index (χ4n) is 1.09. The van der Waals surface area contributed by atoms with Crippen molar-refractivity contribution in [2.45, 2.75) is 17.7 Å². The summed E-state index contributed by atoms with van der Waals surface area (Å²) in [5.74, 6) is 2.46. The van der Waals surface area contributed by atoms with Gasteiger partial charge in [-0.25, -0.2) is 13.1 Å². The molecule has 1 aromatic rings. The van der Waals surface area contributed by atoms with Crippen molar-refractivity contribution in [3.63, 3.8) is 0 Å². The molecular formula is C11H12BrNO2S. The third-order valence-electron chi connectivity index (χ3n) is 1.91. The normalized spacial score (nSPS) is 11.0. The van der Waals surface area contributed by atoms with Crippen LogP contribution in [0.15, 0.2) is 33.6 Å². The summed E-state index contributed by atoms with van der Waals surface area (Å²) in [5, 5.41) is 0. The molecule has 0 radical (unpaired) electrons. The van der Waals surface area contributed by atoms with Gasteiger partial charge >= 0.3 is 0 Å². The molecule has 0 spiro atoms. The fraction of sp³-hybridized carbons (Fsp3) is 0.273. The molecule has 0 unspecified atom stereocenters. The zero-order chi connectivity index (χ0) is 12.0. The number of benzene rings is 1. The first kappa shape index (κ1) is 13.2. The van der Waals surface area contributed by atoms with Crippen LogP contribution in [-0.2, 0) is 10.0 Å². The Morgan fingerprint density at radius 3 is 2.50 bits per heavy atom. The van der Waals surface area contributed by atoms with E-state index in [4.69, 9.17) is 6.42 Å². The summed E-state index contributed by atoms with van der Waals surface area (Å²) in [4.78, 5) is 0.261. The predicted molar refractivity (Wildman–Crippen MR) is 67.4 cm³/mol. The highest BCUT2D eigenvalue weighted by Gasteiger charge is 2.12. The van der Waals surface area contributed by atoms with E-state index in [1.165, 1.54) is 0 Å². The lowest BCUT2D eigenvalue weighted by molar-refractivity contribution is 0.579. The molecule has 0 heterocycles. The molecule has 0 aliphatic rings. The molecule has 0 bridgehead atoms. The van der Waals surface area contributed by atoms with Crippen molar-refractivity contribution in [3.8, 4) is 12.3 Å². The highest BCUT2D eigenvalue weighted by Crippen LogP contribution is 2.14. The van der Waals surface area contributed by atoms with Gasteiger partial charge in [0.25, 0.3) is 0 Å². The second-order valence-electron chi connectivity index (χ2n) is 3.16. The average molecular weight is 302 g/mol. The fourth-order valence-corrected chi connectivity index (χ4v) is 2.43.